The molecular weight excluding hydrogens is 288 g/mol. The van der Waals surface area contributed by atoms with Crippen LogP contribution < -0.4 is 9.62 Å². The van der Waals surface area contributed by atoms with Crippen LogP contribution in [-0.4, -0.2) is 39.3 Å². The fourth-order valence-electron chi connectivity index (χ4n) is 2.45. The predicted molar refractivity (Wildman–Crippen MR) is 86.1 cm³/mol. The van der Waals surface area contributed by atoms with E-state index in [9.17, 15) is 13.5 Å². The fraction of sp³-hybridized carbons (Fsp3) is 0.600. The number of nitrogens with one attached hydrogen (secondary N) is 1. The van der Waals surface area contributed by atoms with Crippen LogP contribution in [0.5, 0.6) is 0 Å². The average molecular weight is 314 g/mol. The van der Waals surface area contributed by atoms with Gasteiger partial charge in [0.1, 0.15) is 0 Å². The van der Waals surface area contributed by atoms with Gasteiger partial charge in [-0.3, -0.25) is 0 Å². The topological polar surface area (TPSA) is 69.6 Å². The lowest BCUT2D eigenvalue weighted by Crippen LogP contribution is -2.36. The Labute approximate surface area is 128 Å². The summed E-state index contributed by atoms with van der Waals surface area (Å²) >= 11 is 0. The molecular formula is C15H26N2O3S. The molecule has 120 valence electrons. The number of anilines is 1. The zero-order valence-corrected chi connectivity index (χ0v) is 13.9. The third-order valence-corrected chi connectivity index (χ3v) is 5.10. The number of rotatable bonds is 9. The van der Waals surface area contributed by atoms with Gasteiger partial charge in [0.05, 0.1) is 11.5 Å². The van der Waals surface area contributed by atoms with Gasteiger partial charge >= 0.3 is 0 Å². The maximum absolute atomic E-state index is 11.9. The molecule has 0 aliphatic carbocycles. The lowest BCUT2D eigenvalue weighted by atomic mass is 10.1. The largest absolute Gasteiger partial charge is 0.395 e. The molecule has 0 spiro atoms. The van der Waals surface area contributed by atoms with Crippen LogP contribution in [0.15, 0.2) is 29.2 Å². The minimum atomic E-state index is -3.41. The van der Waals surface area contributed by atoms with Gasteiger partial charge in [-0.1, -0.05) is 20.8 Å². The Hall–Kier alpha value is -1.11. The summed E-state index contributed by atoms with van der Waals surface area (Å²) in [6, 6.07) is 7.17. The Morgan fingerprint density at radius 2 is 1.71 bits per heavy atom. The summed E-state index contributed by atoms with van der Waals surface area (Å²) in [5.41, 5.74) is 0.938. The van der Waals surface area contributed by atoms with Gasteiger partial charge in [0.15, 0.2) is 0 Å². The summed E-state index contributed by atoms with van der Waals surface area (Å²) in [5, 5.41) is 9.24. The van der Waals surface area contributed by atoms with E-state index in [0.29, 0.717) is 19.1 Å². The van der Waals surface area contributed by atoms with Crippen molar-refractivity contribution >= 4 is 15.7 Å². The van der Waals surface area contributed by atoms with Gasteiger partial charge in [-0.05, 0) is 37.1 Å². The van der Waals surface area contributed by atoms with Crippen molar-refractivity contribution in [2.75, 3.05) is 24.6 Å². The van der Waals surface area contributed by atoms with E-state index in [2.05, 4.69) is 23.5 Å². The molecule has 1 rings (SSSR count). The number of hydrogen-bond acceptors (Lipinski definition) is 4. The maximum Gasteiger partial charge on any atom is 0.240 e. The first kappa shape index (κ1) is 17.9. The maximum atomic E-state index is 11.9. The quantitative estimate of drug-likeness (QED) is 0.731. The molecule has 0 aliphatic rings. The lowest BCUT2D eigenvalue weighted by molar-refractivity contribution is 0.296. The number of nitrogens with zero attached hydrogens (tertiary/aromatic N) is 1. The van der Waals surface area contributed by atoms with Crippen LogP contribution in [0.25, 0.3) is 0 Å². The van der Waals surface area contributed by atoms with Crippen molar-refractivity contribution in [3.63, 3.8) is 0 Å². The molecule has 0 saturated carbocycles. The molecule has 21 heavy (non-hydrogen) atoms. The molecule has 1 aromatic carbocycles. The number of aliphatic hydroxyl groups excluding tert-OH is 1. The van der Waals surface area contributed by atoms with Crippen LogP contribution >= 0.6 is 0 Å². The molecule has 0 bridgehead atoms. The standard InChI is InChI=1S/C15H26N2O3S/c1-4-13(5-2)17(11-12-18)14-7-9-15(10-8-14)21(19,20)16-6-3/h7-10,13,16,18H,4-6,11-12H2,1-3H3. The van der Waals surface area contributed by atoms with Crippen molar-refractivity contribution in [2.24, 2.45) is 0 Å². The van der Waals surface area contributed by atoms with Gasteiger partial charge < -0.3 is 10.0 Å². The first-order chi connectivity index (χ1) is 10.00. The smallest absolute Gasteiger partial charge is 0.240 e. The molecule has 0 fully saturated rings. The normalized spacial score (nSPS) is 11.9. The SMILES string of the molecule is CCNS(=O)(=O)c1ccc(N(CCO)C(CC)CC)cc1. The van der Waals surface area contributed by atoms with Crippen molar-refractivity contribution in [1.29, 1.82) is 0 Å². The summed E-state index contributed by atoms with van der Waals surface area (Å²) < 4.78 is 26.3. The van der Waals surface area contributed by atoms with E-state index in [4.69, 9.17) is 0 Å². The average Bonchev–Trinajstić information content (AvgIpc) is 2.47. The summed E-state index contributed by atoms with van der Waals surface area (Å²) in [6.07, 6.45) is 1.96. The van der Waals surface area contributed by atoms with Crippen LogP contribution in [0.3, 0.4) is 0 Å². The van der Waals surface area contributed by atoms with Crippen molar-refractivity contribution in [1.82, 2.24) is 4.72 Å². The summed E-state index contributed by atoms with van der Waals surface area (Å²) in [6.45, 7) is 6.97. The second-order valence-corrected chi connectivity index (χ2v) is 6.65. The van der Waals surface area contributed by atoms with Gasteiger partial charge in [-0.15, -0.1) is 0 Å². The summed E-state index contributed by atoms with van der Waals surface area (Å²) in [5.74, 6) is 0. The monoisotopic (exact) mass is 314 g/mol. The van der Waals surface area contributed by atoms with Crippen LogP contribution in [0.4, 0.5) is 5.69 Å². The molecule has 0 radical (unpaired) electrons. The van der Waals surface area contributed by atoms with E-state index in [0.717, 1.165) is 18.5 Å². The van der Waals surface area contributed by atoms with Crippen LogP contribution in [-0.2, 0) is 10.0 Å². The second-order valence-electron chi connectivity index (χ2n) is 4.88. The van der Waals surface area contributed by atoms with Gasteiger partial charge in [0.25, 0.3) is 0 Å². The lowest BCUT2D eigenvalue weighted by Gasteiger charge is -2.32. The van der Waals surface area contributed by atoms with Crippen molar-refractivity contribution < 1.29 is 13.5 Å². The van der Waals surface area contributed by atoms with E-state index in [1.165, 1.54) is 0 Å². The van der Waals surface area contributed by atoms with E-state index in [1.54, 1.807) is 31.2 Å². The second kappa shape index (κ2) is 8.36. The zero-order chi connectivity index (χ0) is 15.9. The molecule has 6 heteroatoms. The number of sulfonamides is 1. The Bertz CT molecular complexity index is 510. The highest BCUT2D eigenvalue weighted by atomic mass is 32.2. The van der Waals surface area contributed by atoms with Gasteiger partial charge in [-0.2, -0.15) is 0 Å². The number of hydrogen-bond donors (Lipinski definition) is 2. The molecule has 1 aromatic rings. The van der Waals surface area contributed by atoms with Crippen LogP contribution in [0.2, 0.25) is 0 Å². The molecule has 0 amide bonds. The van der Waals surface area contributed by atoms with Crippen molar-refractivity contribution in [2.45, 2.75) is 44.6 Å². The first-order valence-electron chi connectivity index (χ1n) is 7.47. The predicted octanol–water partition coefficient (Wildman–Crippen LogP) is 1.97. The molecule has 0 unspecified atom stereocenters. The molecule has 0 saturated heterocycles. The summed E-state index contributed by atoms with van der Waals surface area (Å²) in [4.78, 5) is 2.39. The molecule has 5 nitrogen and oxygen atoms in total. The Balaban J connectivity index is 3.03. The number of benzene rings is 1. The van der Waals surface area contributed by atoms with Crippen molar-refractivity contribution in [3.8, 4) is 0 Å². The first-order valence-corrected chi connectivity index (χ1v) is 8.95. The summed E-state index contributed by atoms with van der Waals surface area (Å²) in [7, 11) is -3.41. The zero-order valence-electron chi connectivity index (χ0n) is 13.0. The minimum Gasteiger partial charge on any atom is -0.395 e. The van der Waals surface area contributed by atoms with Gasteiger partial charge in [0, 0.05) is 24.8 Å². The highest BCUT2D eigenvalue weighted by Crippen LogP contribution is 2.22. The Morgan fingerprint density at radius 3 is 2.14 bits per heavy atom. The number of aliphatic hydroxyl groups is 1. The molecule has 0 atom stereocenters. The Kier molecular flexibility index (Phi) is 7.14. The highest BCUT2D eigenvalue weighted by molar-refractivity contribution is 7.89. The fourth-order valence-corrected chi connectivity index (χ4v) is 3.49. The third kappa shape index (κ3) is 4.69. The minimum absolute atomic E-state index is 0.0773. The highest BCUT2D eigenvalue weighted by Gasteiger charge is 2.17. The van der Waals surface area contributed by atoms with E-state index in [1.807, 2.05) is 0 Å². The van der Waals surface area contributed by atoms with Crippen LogP contribution in [0, 0.1) is 0 Å². The third-order valence-electron chi connectivity index (χ3n) is 3.54. The Morgan fingerprint density at radius 1 is 1.14 bits per heavy atom. The van der Waals surface area contributed by atoms with E-state index in [-0.39, 0.29) is 11.5 Å². The molecule has 2 N–H and O–H groups in total. The van der Waals surface area contributed by atoms with Crippen molar-refractivity contribution in [3.05, 3.63) is 24.3 Å². The van der Waals surface area contributed by atoms with E-state index >= 15 is 0 Å². The van der Waals surface area contributed by atoms with Crippen LogP contribution in [0.1, 0.15) is 33.6 Å². The van der Waals surface area contributed by atoms with Gasteiger partial charge in [-0.25, -0.2) is 13.1 Å². The molecule has 0 heterocycles. The van der Waals surface area contributed by atoms with Gasteiger partial charge in [0.2, 0.25) is 10.0 Å². The molecule has 0 aromatic heterocycles. The molecule has 0 aliphatic heterocycles. The van der Waals surface area contributed by atoms with E-state index < -0.39 is 10.0 Å².